The quantitative estimate of drug-likeness (QED) is 0.0774. The molecule has 2 aliphatic heterocycles. The predicted molar refractivity (Wildman–Crippen MR) is 110 cm³/mol. The van der Waals surface area contributed by atoms with E-state index in [9.17, 15) is 33.5 Å². The molecule has 1 aromatic carbocycles. The Bertz CT molecular complexity index is 1030. The summed E-state index contributed by atoms with van der Waals surface area (Å²) in [4.78, 5) is 62.0. The van der Waals surface area contributed by atoms with E-state index >= 15 is 0 Å². The Balaban J connectivity index is 1.88. The second kappa shape index (κ2) is 8.79. The van der Waals surface area contributed by atoms with E-state index in [0.29, 0.717) is 4.90 Å². The van der Waals surface area contributed by atoms with Crippen LogP contribution in [0.15, 0.2) is 42.5 Å². The number of ether oxygens (including phenoxy) is 1. The molecular formula is C19H18ClN3O8S. The Morgan fingerprint density at radius 2 is 1.78 bits per heavy atom. The van der Waals surface area contributed by atoms with Crippen LogP contribution in [-0.4, -0.2) is 60.1 Å². The number of hydrogen-bond donors (Lipinski definition) is 0. The summed E-state index contributed by atoms with van der Waals surface area (Å²) in [5.74, 6) is -4.27. The number of amides is 3. The molecule has 32 heavy (non-hydrogen) atoms. The molecule has 0 spiro atoms. The number of benzene rings is 1. The Labute approximate surface area is 189 Å². The lowest BCUT2D eigenvalue weighted by Gasteiger charge is -2.53. The summed E-state index contributed by atoms with van der Waals surface area (Å²) >= 11 is 0. The molecule has 0 bridgehead atoms. The lowest BCUT2D eigenvalue weighted by molar-refractivity contribution is -0.576. The molecule has 13 heteroatoms. The number of likely N-dealkylation sites (tertiary alicyclic amines) is 2. The number of carbonyl (C=O) groups excluding carboxylic acids is 4. The van der Waals surface area contributed by atoms with Gasteiger partial charge < -0.3 is 9.64 Å². The maximum atomic E-state index is 12.9. The van der Waals surface area contributed by atoms with Gasteiger partial charge in [-0.05, 0) is 42.2 Å². The largest absolute Gasteiger partial charge is 0.392 e. The second-order valence-corrected chi connectivity index (χ2v) is 9.22. The van der Waals surface area contributed by atoms with Crippen molar-refractivity contribution in [2.75, 3.05) is 0 Å². The van der Waals surface area contributed by atoms with Crippen molar-refractivity contribution in [3.63, 3.8) is 0 Å². The van der Waals surface area contributed by atoms with Crippen molar-refractivity contribution in [3.05, 3.63) is 58.2 Å². The Morgan fingerprint density at radius 1 is 1.22 bits per heavy atom. The van der Waals surface area contributed by atoms with Crippen molar-refractivity contribution in [3.8, 4) is 0 Å². The number of hydrogen-bond acceptors (Lipinski definition) is 8. The van der Waals surface area contributed by atoms with Gasteiger partial charge in [-0.25, -0.2) is 9.00 Å². The highest BCUT2D eigenvalue weighted by Crippen LogP contribution is 2.38. The van der Waals surface area contributed by atoms with Gasteiger partial charge >= 0.3 is 12.2 Å². The zero-order valence-corrected chi connectivity index (χ0v) is 18.4. The van der Waals surface area contributed by atoms with Gasteiger partial charge in [-0.2, -0.15) is 0 Å². The number of halogens is 1. The van der Waals surface area contributed by atoms with Crippen molar-refractivity contribution in [1.82, 2.24) is 9.80 Å². The fourth-order valence-electron chi connectivity index (χ4n) is 3.59. The van der Waals surface area contributed by atoms with E-state index in [1.165, 1.54) is 38.1 Å². The van der Waals surface area contributed by atoms with Crippen LogP contribution in [0.2, 0.25) is 0 Å². The van der Waals surface area contributed by atoms with Gasteiger partial charge in [0.15, 0.2) is 17.5 Å². The number of nitro groups is 1. The third kappa shape index (κ3) is 3.79. The number of esters is 1. The van der Waals surface area contributed by atoms with Crippen molar-refractivity contribution in [2.24, 2.45) is 5.92 Å². The molecule has 5 atom stereocenters. The molecule has 2 heterocycles. The van der Waals surface area contributed by atoms with Crippen LogP contribution >= 0.6 is 10.7 Å². The third-order valence-corrected chi connectivity index (χ3v) is 6.62. The van der Waals surface area contributed by atoms with Crippen LogP contribution in [0.1, 0.15) is 25.6 Å². The molecule has 0 aromatic heterocycles. The monoisotopic (exact) mass is 483 g/mol. The molecule has 0 saturated carbocycles. The molecule has 3 rings (SSSR count). The Kier molecular flexibility index (Phi) is 6.46. The summed E-state index contributed by atoms with van der Waals surface area (Å²) in [5, 5.41) is 10.1. The average Bonchev–Trinajstić information content (AvgIpc) is 2.75. The van der Waals surface area contributed by atoms with Gasteiger partial charge in [-0.15, -0.1) is 0 Å². The maximum Gasteiger partial charge on any atom is 0.382 e. The number of β-lactam (4-membered cyclic amide) rings is 3. The molecular weight excluding hydrogens is 466 g/mol. The average molecular weight is 484 g/mol. The van der Waals surface area contributed by atoms with E-state index in [0.717, 1.165) is 4.90 Å². The van der Waals surface area contributed by atoms with Crippen molar-refractivity contribution >= 4 is 44.4 Å². The normalized spacial score (nSPS) is 23.7. The molecule has 5 unspecified atom stereocenters. The van der Waals surface area contributed by atoms with Gasteiger partial charge in [0, 0.05) is 0 Å². The lowest BCUT2D eigenvalue weighted by Crippen LogP contribution is -2.79. The van der Waals surface area contributed by atoms with Gasteiger partial charge in [-0.3, -0.25) is 29.4 Å². The topological polar surface area (TPSA) is 144 Å². The van der Waals surface area contributed by atoms with Gasteiger partial charge in [0.2, 0.25) is 11.8 Å². The molecule has 170 valence electrons. The maximum absolute atomic E-state index is 12.9. The number of rotatable bonds is 8. The SMILES string of the molecule is C=C(C)C(C(=O)OC(c1ccccc1)[N+](=O)[O-])N1C(=O)C(N2C(=O)C(C)C2=O)C1S(=O)Cl. The van der Waals surface area contributed by atoms with E-state index in [-0.39, 0.29) is 11.1 Å². The summed E-state index contributed by atoms with van der Waals surface area (Å²) in [6, 6.07) is 4.43. The molecule has 11 nitrogen and oxygen atoms in total. The van der Waals surface area contributed by atoms with Crippen LogP contribution in [0.4, 0.5) is 0 Å². The minimum Gasteiger partial charge on any atom is -0.392 e. The lowest BCUT2D eigenvalue weighted by atomic mass is 9.91. The van der Waals surface area contributed by atoms with Gasteiger partial charge in [0.25, 0.3) is 5.91 Å². The summed E-state index contributed by atoms with van der Waals surface area (Å²) in [5.41, 5.74) is 0.140. The summed E-state index contributed by atoms with van der Waals surface area (Å²) in [6.07, 6.45) is -1.86. The minimum atomic E-state index is -2.30. The fourth-order valence-corrected chi connectivity index (χ4v) is 4.98. The zero-order chi connectivity index (χ0) is 23.9. The highest BCUT2D eigenvalue weighted by atomic mass is 35.7. The molecule has 0 radical (unpaired) electrons. The van der Waals surface area contributed by atoms with Crippen LogP contribution in [0.25, 0.3) is 0 Å². The summed E-state index contributed by atoms with van der Waals surface area (Å²) < 4.78 is 17.2. The van der Waals surface area contributed by atoms with Crippen LogP contribution in [0, 0.1) is 16.0 Å². The molecule has 0 N–H and O–H groups in total. The third-order valence-electron chi connectivity index (χ3n) is 5.21. The van der Waals surface area contributed by atoms with Crippen LogP contribution in [0.5, 0.6) is 0 Å². The first-order chi connectivity index (χ1) is 15.0. The Morgan fingerprint density at radius 3 is 2.25 bits per heavy atom. The highest BCUT2D eigenvalue weighted by Gasteiger charge is 2.64. The van der Waals surface area contributed by atoms with Crippen LogP contribution in [0.3, 0.4) is 0 Å². The predicted octanol–water partition coefficient (Wildman–Crippen LogP) is 0.894. The standard InChI is InChI=1S/C19H18ClN3O8S/c1-9(2)12(19(27)31-17(23(28)29)11-7-5-4-6-8-11)22-16(26)13(18(22)32(20)30)21-14(24)10(3)15(21)25/h4-8,10,12-13,17-18H,1H2,2-3H3. The van der Waals surface area contributed by atoms with E-state index < -0.39 is 68.2 Å². The van der Waals surface area contributed by atoms with E-state index in [1.807, 2.05) is 0 Å². The summed E-state index contributed by atoms with van der Waals surface area (Å²) in [7, 11) is 3.44. The van der Waals surface area contributed by atoms with Gasteiger partial charge in [0.05, 0.1) is 10.5 Å². The Hall–Kier alpha value is -3.12. The van der Waals surface area contributed by atoms with Crippen molar-refractivity contribution in [2.45, 2.75) is 37.5 Å². The first-order valence-electron chi connectivity index (χ1n) is 9.29. The van der Waals surface area contributed by atoms with Crippen LogP contribution < -0.4 is 0 Å². The van der Waals surface area contributed by atoms with E-state index in [2.05, 4.69) is 6.58 Å². The molecule has 2 fully saturated rings. The van der Waals surface area contributed by atoms with Gasteiger partial charge in [0.1, 0.15) is 15.9 Å². The molecule has 1 aromatic rings. The molecule has 3 amide bonds. The first kappa shape index (κ1) is 23.5. The minimum absolute atomic E-state index is 0.0544. The number of nitrogens with zero attached hydrogens (tertiary/aromatic N) is 3. The number of imide groups is 1. The van der Waals surface area contributed by atoms with E-state index in [1.54, 1.807) is 6.07 Å². The van der Waals surface area contributed by atoms with E-state index in [4.69, 9.17) is 15.4 Å². The van der Waals surface area contributed by atoms with Crippen molar-refractivity contribution < 1.29 is 33.0 Å². The van der Waals surface area contributed by atoms with Gasteiger partial charge in [-0.1, -0.05) is 24.8 Å². The highest BCUT2D eigenvalue weighted by molar-refractivity contribution is 8.08. The smallest absolute Gasteiger partial charge is 0.382 e. The molecule has 2 aliphatic rings. The summed E-state index contributed by atoms with van der Waals surface area (Å²) in [6.45, 7) is 6.36. The molecule has 0 aliphatic carbocycles. The van der Waals surface area contributed by atoms with Crippen LogP contribution in [-0.2, 0) is 33.9 Å². The molecule has 2 saturated heterocycles. The zero-order valence-electron chi connectivity index (χ0n) is 16.9. The first-order valence-corrected chi connectivity index (χ1v) is 11.3. The number of carbonyl (C=O) groups is 4. The second-order valence-electron chi connectivity index (χ2n) is 7.33. The fraction of sp³-hybridized carbons (Fsp3) is 0.368. The van der Waals surface area contributed by atoms with Crippen molar-refractivity contribution in [1.29, 1.82) is 0 Å².